The number of aromatic nitrogens is 2. The lowest BCUT2D eigenvalue weighted by atomic mass is 10.1. The molecule has 7 heteroatoms. The quantitative estimate of drug-likeness (QED) is 0.620. The van der Waals surface area contributed by atoms with Gasteiger partial charge in [-0.05, 0) is 24.1 Å². The molecule has 1 aromatic carbocycles. The van der Waals surface area contributed by atoms with Crippen molar-refractivity contribution in [3.05, 3.63) is 88.7 Å². The van der Waals surface area contributed by atoms with Gasteiger partial charge in [-0.15, -0.1) is 0 Å². The number of aliphatic hydroxyl groups excluding tert-OH is 1. The van der Waals surface area contributed by atoms with Gasteiger partial charge in [-0.3, -0.25) is 4.79 Å². The molecule has 2 N–H and O–H groups in total. The first-order valence-electron chi connectivity index (χ1n) is 11.0. The minimum atomic E-state index is -0.277. The fourth-order valence-corrected chi connectivity index (χ4v) is 3.91. The molecule has 1 fully saturated rings. The Kier molecular flexibility index (Phi) is 7.09. The van der Waals surface area contributed by atoms with Crippen molar-refractivity contribution >= 4 is 11.4 Å². The van der Waals surface area contributed by atoms with Gasteiger partial charge in [0.1, 0.15) is 5.69 Å². The van der Waals surface area contributed by atoms with Gasteiger partial charge in [-0.1, -0.05) is 24.3 Å². The maximum Gasteiger partial charge on any atom is 0.317 e. The van der Waals surface area contributed by atoms with E-state index in [9.17, 15) is 9.90 Å². The number of nitrogens with one attached hydrogen (secondary N) is 1. The Morgan fingerprint density at radius 3 is 2.75 bits per heavy atom. The van der Waals surface area contributed by atoms with Gasteiger partial charge in [0.25, 0.3) is 0 Å². The fraction of sp³-hybridized carbons (Fsp3) is 0.320. The summed E-state index contributed by atoms with van der Waals surface area (Å²) in [4.78, 5) is 15.6. The van der Waals surface area contributed by atoms with Crippen molar-refractivity contribution in [3.8, 4) is 5.75 Å². The standard InChI is InChI=1S/C25H29N4O3/c1-19-4-2-7-22(16-19)29-25(31)24(23(18-27-29)28-12-10-26-11-13-28)32-15-9-21-6-3-5-20(17-21)8-14-30/h2-7,16-18,26,30H,1,8-15H2/q+1. The molecule has 0 bridgehead atoms. The molecule has 0 amide bonds. The van der Waals surface area contributed by atoms with Crippen LogP contribution < -0.4 is 20.5 Å². The molecule has 32 heavy (non-hydrogen) atoms. The van der Waals surface area contributed by atoms with E-state index in [-0.39, 0.29) is 12.2 Å². The van der Waals surface area contributed by atoms with Crippen molar-refractivity contribution in [2.24, 2.45) is 0 Å². The van der Waals surface area contributed by atoms with Crippen LogP contribution in [0.2, 0.25) is 0 Å². The van der Waals surface area contributed by atoms with Crippen LogP contribution in [-0.4, -0.2) is 54.3 Å². The second-order valence-electron chi connectivity index (χ2n) is 7.87. The third-order valence-corrected chi connectivity index (χ3v) is 5.56. The summed E-state index contributed by atoms with van der Waals surface area (Å²) in [6.45, 7) is 7.73. The third kappa shape index (κ3) is 5.12. The van der Waals surface area contributed by atoms with Gasteiger partial charge in [-0.2, -0.15) is 9.78 Å². The summed E-state index contributed by atoms with van der Waals surface area (Å²) < 4.78 is 7.49. The molecule has 4 rings (SSSR count). The number of hydrogen-bond donors (Lipinski definition) is 2. The van der Waals surface area contributed by atoms with E-state index < -0.39 is 0 Å². The van der Waals surface area contributed by atoms with Crippen molar-refractivity contribution < 1.29 is 9.84 Å². The maximum atomic E-state index is 13.4. The number of anilines is 1. The lowest BCUT2D eigenvalue weighted by molar-refractivity contribution is 0.299. The molecule has 0 unspecified atom stereocenters. The number of hydrogen-bond acceptors (Lipinski definition) is 6. The van der Waals surface area contributed by atoms with E-state index in [0.29, 0.717) is 30.9 Å². The van der Waals surface area contributed by atoms with Crippen molar-refractivity contribution in [1.29, 1.82) is 0 Å². The summed E-state index contributed by atoms with van der Waals surface area (Å²) in [5, 5.41) is 16.9. The van der Waals surface area contributed by atoms with Crippen LogP contribution in [0.1, 0.15) is 11.1 Å². The summed E-state index contributed by atoms with van der Waals surface area (Å²) in [6.07, 6.45) is 10.4. The first-order valence-corrected chi connectivity index (χ1v) is 11.0. The average Bonchev–Trinajstić information content (AvgIpc) is 2.81. The van der Waals surface area contributed by atoms with Gasteiger partial charge < -0.3 is 20.1 Å². The Morgan fingerprint density at radius 1 is 1.22 bits per heavy atom. The van der Waals surface area contributed by atoms with Crippen LogP contribution in [0.25, 0.3) is 5.70 Å². The molecular weight excluding hydrogens is 404 g/mol. The summed E-state index contributed by atoms with van der Waals surface area (Å²) in [6, 6.07) is 8.09. The summed E-state index contributed by atoms with van der Waals surface area (Å²) in [5.74, 6) is 0.322. The van der Waals surface area contributed by atoms with Gasteiger partial charge in [0.15, 0.2) is 5.70 Å². The molecule has 1 aliphatic carbocycles. The first-order chi connectivity index (χ1) is 15.7. The van der Waals surface area contributed by atoms with Gasteiger partial charge in [-0.25, -0.2) is 0 Å². The van der Waals surface area contributed by atoms with Crippen molar-refractivity contribution in [2.75, 3.05) is 44.3 Å². The van der Waals surface area contributed by atoms with Crippen molar-refractivity contribution in [2.45, 2.75) is 12.8 Å². The monoisotopic (exact) mass is 433 g/mol. The van der Waals surface area contributed by atoms with E-state index in [1.54, 1.807) is 6.20 Å². The molecule has 1 saturated heterocycles. The van der Waals surface area contributed by atoms with Crippen LogP contribution >= 0.6 is 0 Å². The Hall–Kier alpha value is -3.29. The number of piperazine rings is 1. The largest absolute Gasteiger partial charge is 0.486 e. The Balaban J connectivity index is 1.59. The molecule has 2 aromatic rings. The number of allylic oxidation sites excluding steroid dienone is 5. The summed E-state index contributed by atoms with van der Waals surface area (Å²) >= 11 is 0. The van der Waals surface area contributed by atoms with Crippen molar-refractivity contribution in [3.63, 3.8) is 0 Å². The van der Waals surface area contributed by atoms with Crippen LogP contribution in [0.4, 0.5) is 5.69 Å². The van der Waals surface area contributed by atoms with Gasteiger partial charge in [0.05, 0.1) is 24.5 Å². The highest BCUT2D eigenvalue weighted by molar-refractivity contribution is 5.66. The Bertz CT molecular complexity index is 1080. The van der Waals surface area contributed by atoms with E-state index in [1.165, 1.54) is 4.68 Å². The van der Waals surface area contributed by atoms with Crippen LogP contribution in [0.5, 0.6) is 5.75 Å². The first kappa shape index (κ1) is 21.9. The minimum absolute atomic E-state index is 0.124. The molecule has 0 spiro atoms. The number of ether oxygens (including phenoxy) is 1. The molecule has 2 aliphatic rings. The predicted molar refractivity (Wildman–Crippen MR) is 127 cm³/mol. The fourth-order valence-electron chi connectivity index (χ4n) is 3.91. The molecule has 1 aromatic heterocycles. The average molecular weight is 434 g/mol. The SMILES string of the molecule is C=C1C=C(n2ncc(N3CCNCC3)c(OCCc3cccc(CCO)c3)c2=O)C=C[CH+]1. The van der Waals surface area contributed by atoms with Gasteiger partial charge >= 0.3 is 5.56 Å². The van der Waals surface area contributed by atoms with Crippen LogP contribution in [0, 0.1) is 6.42 Å². The second-order valence-corrected chi connectivity index (χ2v) is 7.87. The zero-order valence-electron chi connectivity index (χ0n) is 18.2. The zero-order chi connectivity index (χ0) is 22.3. The number of benzene rings is 1. The molecule has 7 nitrogen and oxygen atoms in total. The van der Waals surface area contributed by atoms with E-state index in [2.05, 4.69) is 28.0 Å². The smallest absolute Gasteiger partial charge is 0.317 e. The predicted octanol–water partition coefficient (Wildman–Crippen LogP) is 1.98. The zero-order valence-corrected chi connectivity index (χ0v) is 18.2. The van der Waals surface area contributed by atoms with E-state index >= 15 is 0 Å². The molecule has 1 aliphatic heterocycles. The number of aliphatic hydroxyl groups is 1. The highest BCUT2D eigenvalue weighted by atomic mass is 16.5. The highest BCUT2D eigenvalue weighted by Crippen LogP contribution is 2.25. The number of rotatable bonds is 8. The molecular formula is C25H29N4O3+. The molecule has 2 heterocycles. The van der Waals surface area contributed by atoms with Crippen molar-refractivity contribution in [1.82, 2.24) is 15.1 Å². The van der Waals surface area contributed by atoms with Gasteiger partial charge in [0, 0.05) is 57.8 Å². The van der Waals surface area contributed by atoms with Crippen LogP contribution in [0.15, 0.2) is 65.6 Å². The minimum Gasteiger partial charge on any atom is -0.486 e. The third-order valence-electron chi connectivity index (χ3n) is 5.56. The topological polar surface area (TPSA) is 79.6 Å². The van der Waals surface area contributed by atoms with Gasteiger partial charge in [0.2, 0.25) is 5.75 Å². The number of nitrogens with zero attached hydrogens (tertiary/aromatic N) is 3. The van der Waals surface area contributed by atoms with E-state index in [1.807, 2.05) is 42.8 Å². The molecule has 0 saturated carbocycles. The normalized spacial score (nSPS) is 16.0. The molecule has 166 valence electrons. The van der Waals surface area contributed by atoms with Crippen LogP contribution in [-0.2, 0) is 12.8 Å². The molecule has 0 atom stereocenters. The summed E-state index contributed by atoms with van der Waals surface area (Å²) in [7, 11) is 0. The lowest BCUT2D eigenvalue weighted by Gasteiger charge is -2.30. The molecule has 0 radical (unpaired) electrons. The van der Waals surface area contributed by atoms with E-state index in [0.717, 1.165) is 48.6 Å². The second kappa shape index (κ2) is 10.3. The highest BCUT2D eigenvalue weighted by Gasteiger charge is 2.22. The lowest BCUT2D eigenvalue weighted by Crippen LogP contribution is -2.44. The Morgan fingerprint density at radius 2 is 2.00 bits per heavy atom. The van der Waals surface area contributed by atoms with Crippen LogP contribution in [0.3, 0.4) is 0 Å². The van der Waals surface area contributed by atoms with E-state index in [4.69, 9.17) is 4.74 Å². The summed E-state index contributed by atoms with van der Waals surface area (Å²) in [5.41, 5.74) is 4.13. The Labute approximate surface area is 188 Å². The maximum absolute atomic E-state index is 13.4.